The molecule has 0 aliphatic rings. The van der Waals surface area contributed by atoms with Gasteiger partial charge in [-0.15, -0.1) is 0 Å². The van der Waals surface area contributed by atoms with E-state index >= 15 is 0 Å². The molecule has 0 radical (unpaired) electrons. The molecule has 0 bridgehead atoms. The number of alkyl halides is 3. The van der Waals surface area contributed by atoms with Crippen molar-refractivity contribution in [2.24, 2.45) is 11.1 Å². The number of nitrogens with two attached hydrogens (primary N) is 1. The van der Waals surface area contributed by atoms with Gasteiger partial charge in [0.25, 0.3) is 0 Å². The Morgan fingerprint density at radius 2 is 1.91 bits per heavy atom. The third kappa shape index (κ3) is 6.09. The summed E-state index contributed by atoms with van der Waals surface area (Å²) in [6.07, 6.45) is -3.74. The van der Waals surface area contributed by atoms with Gasteiger partial charge >= 0.3 is 6.18 Å². The summed E-state index contributed by atoms with van der Waals surface area (Å²) in [5.74, 6) is -1.18. The molecule has 23 heavy (non-hydrogen) atoms. The molecule has 2 amide bonds. The molecule has 1 atom stereocenters. The van der Waals surface area contributed by atoms with Gasteiger partial charge in [0.15, 0.2) is 0 Å². The monoisotopic (exact) mass is 349 g/mol. The van der Waals surface area contributed by atoms with E-state index < -0.39 is 35.0 Å². The highest BCUT2D eigenvalue weighted by atomic mass is 32.2. The highest BCUT2D eigenvalue weighted by molar-refractivity contribution is 7.99. The van der Waals surface area contributed by atoms with Crippen LogP contribution < -0.4 is 11.1 Å². The van der Waals surface area contributed by atoms with Crippen LogP contribution in [0.4, 0.5) is 13.2 Å². The highest BCUT2D eigenvalue weighted by Gasteiger charge is 2.31. The average Bonchev–Trinajstić information content (AvgIpc) is 2.40. The zero-order chi connectivity index (χ0) is 17.8. The summed E-state index contributed by atoms with van der Waals surface area (Å²) in [6, 6.07) is 1.25. The van der Waals surface area contributed by atoms with Crippen molar-refractivity contribution in [3.63, 3.8) is 0 Å². The largest absolute Gasteiger partial charge is 0.417 e. The van der Waals surface area contributed by atoms with Crippen LogP contribution in [0.5, 0.6) is 0 Å². The predicted octanol–water partition coefficient (Wildman–Crippen LogP) is 2.21. The molecule has 0 saturated heterocycles. The molecule has 1 aromatic rings. The molecular formula is C14H18F3N3O2S. The Morgan fingerprint density at radius 1 is 1.30 bits per heavy atom. The quantitative estimate of drug-likeness (QED) is 0.798. The minimum Gasteiger partial charge on any atom is -0.368 e. The summed E-state index contributed by atoms with van der Waals surface area (Å²) < 4.78 is 37.2. The lowest BCUT2D eigenvalue weighted by Gasteiger charge is -2.28. The van der Waals surface area contributed by atoms with Gasteiger partial charge in [0.2, 0.25) is 11.8 Å². The molecule has 0 fully saturated rings. The van der Waals surface area contributed by atoms with Crippen molar-refractivity contribution in [1.82, 2.24) is 10.3 Å². The number of pyridine rings is 1. The first-order chi connectivity index (χ1) is 10.4. The van der Waals surface area contributed by atoms with Crippen LogP contribution >= 0.6 is 11.8 Å². The fourth-order valence-electron chi connectivity index (χ4n) is 1.69. The number of halogens is 3. The number of hydrogen-bond donors (Lipinski definition) is 2. The standard InChI is InChI=1S/C14H18F3N3O2S/c1-13(2,3)11(12(18)22)20-9(21)7-23-10-5-4-8(6-19-10)14(15,16)17/h4-6,11H,7H2,1-3H3,(H2,18,22)(H,20,21)/t11-/m0/s1. The van der Waals surface area contributed by atoms with Crippen molar-refractivity contribution in [2.45, 2.75) is 38.0 Å². The van der Waals surface area contributed by atoms with E-state index in [1.807, 2.05) is 0 Å². The van der Waals surface area contributed by atoms with E-state index in [9.17, 15) is 22.8 Å². The molecule has 0 aromatic carbocycles. The Kier molecular flexibility index (Phi) is 6.04. The van der Waals surface area contributed by atoms with Crippen molar-refractivity contribution in [3.8, 4) is 0 Å². The normalized spacial score (nSPS) is 13.5. The molecule has 0 saturated carbocycles. The van der Waals surface area contributed by atoms with Crippen LogP contribution in [0.1, 0.15) is 26.3 Å². The van der Waals surface area contributed by atoms with E-state index in [1.54, 1.807) is 20.8 Å². The molecule has 128 valence electrons. The summed E-state index contributed by atoms with van der Waals surface area (Å²) in [7, 11) is 0. The van der Waals surface area contributed by atoms with Gasteiger partial charge in [-0.3, -0.25) is 9.59 Å². The molecule has 1 aromatic heterocycles. The number of carbonyl (C=O) groups is 2. The van der Waals surface area contributed by atoms with Crippen molar-refractivity contribution in [2.75, 3.05) is 5.75 Å². The molecule has 3 N–H and O–H groups in total. The molecule has 5 nitrogen and oxygen atoms in total. The van der Waals surface area contributed by atoms with Crippen LogP contribution in [0.3, 0.4) is 0 Å². The van der Waals surface area contributed by atoms with Gasteiger partial charge < -0.3 is 11.1 Å². The molecule has 0 aliphatic carbocycles. The minimum absolute atomic E-state index is 0.0851. The van der Waals surface area contributed by atoms with Gasteiger partial charge in [-0.2, -0.15) is 13.2 Å². The zero-order valence-electron chi connectivity index (χ0n) is 12.9. The smallest absolute Gasteiger partial charge is 0.368 e. The van der Waals surface area contributed by atoms with Crippen LogP contribution in [-0.4, -0.2) is 28.6 Å². The Morgan fingerprint density at radius 3 is 2.30 bits per heavy atom. The van der Waals surface area contributed by atoms with Crippen molar-refractivity contribution < 1.29 is 22.8 Å². The fourth-order valence-corrected chi connectivity index (χ4v) is 2.34. The Labute approximate surface area is 136 Å². The maximum Gasteiger partial charge on any atom is 0.417 e. The summed E-state index contributed by atoms with van der Waals surface area (Å²) in [5.41, 5.74) is 3.86. The van der Waals surface area contributed by atoms with Gasteiger partial charge in [0.1, 0.15) is 6.04 Å². The minimum atomic E-state index is -4.45. The number of nitrogens with one attached hydrogen (secondary N) is 1. The van der Waals surface area contributed by atoms with E-state index in [4.69, 9.17) is 5.73 Å². The SMILES string of the molecule is CC(C)(C)[C@@H](NC(=O)CSc1ccc(C(F)(F)F)cn1)C(N)=O. The predicted molar refractivity (Wildman–Crippen MR) is 80.5 cm³/mol. The molecule has 0 unspecified atom stereocenters. The molecule has 0 aliphatic heterocycles. The third-order valence-corrected chi connectivity index (χ3v) is 3.81. The lowest BCUT2D eigenvalue weighted by Crippen LogP contribution is -2.52. The summed E-state index contributed by atoms with van der Waals surface area (Å²) in [6.45, 7) is 5.27. The van der Waals surface area contributed by atoms with Crippen molar-refractivity contribution >= 4 is 23.6 Å². The Bertz CT molecular complexity index is 568. The van der Waals surface area contributed by atoms with Crippen molar-refractivity contribution in [1.29, 1.82) is 0 Å². The molecule has 1 rings (SSSR count). The molecule has 9 heteroatoms. The second-order valence-corrected chi connectivity index (χ2v) is 6.94. The van der Waals surface area contributed by atoms with E-state index in [1.165, 1.54) is 6.07 Å². The summed E-state index contributed by atoms with van der Waals surface area (Å²) in [5, 5.41) is 2.80. The number of hydrogen-bond acceptors (Lipinski definition) is 4. The van der Waals surface area contributed by atoms with Crippen LogP contribution in [0.2, 0.25) is 0 Å². The molecular weight excluding hydrogens is 331 g/mol. The van der Waals surface area contributed by atoms with Crippen molar-refractivity contribution in [3.05, 3.63) is 23.9 Å². The van der Waals surface area contributed by atoms with Crippen LogP contribution in [0.15, 0.2) is 23.4 Å². The maximum atomic E-state index is 12.4. The zero-order valence-corrected chi connectivity index (χ0v) is 13.7. The third-order valence-electron chi connectivity index (χ3n) is 2.87. The molecule has 1 heterocycles. The maximum absolute atomic E-state index is 12.4. The first-order valence-electron chi connectivity index (χ1n) is 6.66. The first kappa shape index (κ1) is 19.3. The fraction of sp³-hybridized carbons (Fsp3) is 0.500. The van der Waals surface area contributed by atoms with Gasteiger partial charge in [0, 0.05) is 6.20 Å². The van der Waals surface area contributed by atoms with E-state index in [0.29, 0.717) is 6.20 Å². The van der Waals surface area contributed by atoms with Gasteiger partial charge in [0.05, 0.1) is 16.3 Å². The van der Waals surface area contributed by atoms with E-state index in [0.717, 1.165) is 17.8 Å². The second-order valence-electron chi connectivity index (χ2n) is 5.94. The van der Waals surface area contributed by atoms with Gasteiger partial charge in [-0.1, -0.05) is 32.5 Å². The van der Waals surface area contributed by atoms with Crippen LogP contribution in [0.25, 0.3) is 0 Å². The summed E-state index contributed by atoms with van der Waals surface area (Å²) >= 11 is 0.970. The number of rotatable bonds is 5. The first-order valence-corrected chi connectivity index (χ1v) is 7.64. The molecule has 0 spiro atoms. The average molecular weight is 349 g/mol. The van der Waals surface area contributed by atoms with E-state index in [2.05, 4.69) is 10.3 Å². The summed E-state index contributed by atoms with van der Waals surface area (Å²) in [4.78, 5) is 26.9. The number of aromatic nitrogens is 1. The number of carbonyl (C=O) groups excluding carboxylic acids is 2. The lowest BCUT2D eigenvalue weighted by atomic mass is 9.86. The van der Waals surface area contributed by atoms with E-state index in [-0.39, 0.29) is 10.8 Å². The Hall–Kier alpha value is -1.77. The second kappa shape index (κ2) is 7.20. The van der Waals surface area contributed by atoms with Crippen LogP contribution in [-0.2, 0) is 15.8 Å². The van der Waals surface area contributed by atoms with Gasteiger partial charge in [-0.05, 0) is 17.5 Å². The Balaban J connectivity index is 2.61. The lowest BCUT2D eigenvalue weighted by molar-refractivity contribution is -0.137. The number of thioether (sulfide) groups is 1. The van der Waals surface area contributed by atoms with Crippen LogP contribution in [0, 0.1) is 5.41 Å². The number of nitrogens with zero attached hydrogens (tertiary/aromatic N) is 1. The number of primary amides is 1. The number of amides is 2. The highest BCUT2D eigenvalue weighted by Crippen LogP contribution is 2.29. The topological polar surface area (TPSA) is 85.1 Å². The van der Waals surface area contributed by atoms with Gasteiger partial charge in [-0.25, -0.2) is 4.98 Å².